The Balaban J connectivity index is 1.84. The predicted molar refractivity (Wildman–Crippen MR) is 89.3 cm³/mol. The topological polar surface area (TPSA) is 55.5 Å². The summed E-state index contributed by atoms with van der Waals surface area (Å²) in [6.45, 7) is 2.73. The predicted octanol–water partition coefficient (Wildman–Crippen LogP) is 3.94. The van der Waals surface area contributed by atoms with Gasteiger partial charge in [-0.05, 0) is 12.8 Å². The fourth-order valence-corrected chi connectivity index (χ4v) is 2.81. The lowest BCUT2D eigenvalue weighted by molar-refractivity contribution is 0.0734. The number of aliphatic hydroxyl groups excluding tert-OH is 1. The van der Waals surface area contributed by atoms with Gasteiger partial charge >= 0.3 is 0 Å². The molecule has 124 valence electrons. The molecule has 0 bridgehead atoms. The number of allylic oxidation sites excluding steroid dienone is 1. The second kappa shape index (κ2) is 12.2. The van der Waals surface area contributed by atoms with Crippen LogP contribution in [0.5, 0.6) is 0 Å². The maximum Gasteiger partial charge on any atom is 0.103 e. The van der Waals surface area contributed by atoms with E-state index in [2.05, 4.69) is 13.0 Å². The summed E-state index contributed by atoms with van der Waals surface area (Å²) in [5.74, 6) is 0. The number of hydrogen-bond acceptors (Lipinski definition) is 3. The Morgan fingerprint density at radius 3 is 2.10 bits per heavy atom. The summed E-state index contributed by atoms with van der Waals surface area (Å²) in [6, 6.07) is -0.225. The van der Waals surface area contributed by atoms with Gasteiger partial charge in [-0.3, -0.25) is 0 Å². The van der Waals surface area contributed by atoms with Crippen LogP contribution in [0, 0.1) is 0 Å². The normalized spacial score (nSPS) is 26.0. The highest BCUT2D eigenvalue weighted by Gasteiger charge is 2.31. The molecule has 0 saturated carbocycles. The lowest BCUT2D eigenvalue weighted by Crippen LogP contribution is -2.35. The van der Waals surface area contributed by atoms with Crippen molar-refractivity contribution in [2.24, 2.45) is 5.73 Å². The fourth-order valence-electron chi connectivity index (χ4n) is 2.81. The second-order valence-electron chi connectivity index (χ2n) is 6.35. The van der Waals surface area contributed by atoms with Gasteiger partial charge in [0.15, 0.2) is 0 Å². The van der Waals surface area contributed by atoms with Gasteiger partial charge in [-0.15, -0.1) is 0 Å². The van der Waals surface area contributed by atoms with E-state index in [1.165, 1.54) is 64.2 Å². The van der Waals surface area contributed by atoms with Crippen LogP contribution in [0.1, 0.15) is 77.6 Å². The van der Waals surface area contributed by atoms with Gasteiger partial charge in [-0.2, -0.15) is 0 Å². The molecule has 3 atom stereocenters. The molecule has 0 radical (unpaired) electrons. The molecule has 0 aromatic carbocycles. The van der Waals surface area contributed by atoms with Gasteiger partial charge in [-0.25, -0.2) is 0 Å². The van der Waals surface area contributed by atoms with E-state index in [1.54, 1.807) is 0 Å². The van der Waals surface area contributed by atoms with Crippen LogP contribution < -0.4 is 5.73 Å². The minimum atomic E-state index is -0.533. The minimum Gasteiger partial charge on any atom is -0.388 e. The van der Waals surface area contributed by atoms with Crippen LogP contribution in [-0.4, -0.2) is 30.0 Å². The Kier molecular flexibility index (Phi) is 10.8. The summed E-state index contributed by atoms with van der Waals surface area (Å²) in [4.78, 5) is 0. The minimum absolute atomic E-state index is 0.192. The summed E-state index contributed by atoms with van der Waals surface area (Å²) in [7, 11) is 0. The molecule has 1 fully saturated rings. The van der Waals surface area contributed by atoms with E-state index in [4.69, 9.17) is 10.5 Å². The first-order valence-corrected chi connectivity index (χ1v) is 8.97. The molecule has 1 saturated heterocycles. The van der Waals surface area contributed by atoms with Crippen molar-refractivity contribution >= 4 is 0 Å². The van der Waals surface area contributed by atoms with Crippen LogP contribution in [0.4, 0.5) is 0 Å². The standard InChI is InChI=1S/C18H35NO2/c1-2-3-4-5-6-7-8-9-10-11-12-13-14-17-18(20)16(19)15-21-17/h13-14,16-18,20H,2-12,15,19H2,1H3/b14-13-/t16-,17-,18-/m1/s1. The molecule has 1 aliphatic rings. The molecular formula is C18H35NO2. The monoisotopic (exact) mass is 297 g/mol. The third-order valence-corrected chi connectivity index (χ3v) is 4.31. The third kappa shape index (κ3) is 8.60. The van der Waals surface area contributed by atoms with Crippen LogP contribution in [0.3, 0.4) is 0 Å². The maximum atomic E-state index is 9.73. The molecule has 0 aliphatic carbocycles. The van der Waals surface area contributed by atoms with Crippen molar-refractivity contribution in [2.45, 2.75) is 95.8 Å². The first-order chi connectivity index (χ1) is 10.3. The number of ether oxygens (including phenoxy) is 1. The van der Waals surface area contributed by atoms with Gasteiger partial charge < -0.3 is 15.6 Å². The fraction of sp³-hybridized carbons (Fsp3) is 0.889. The van der Waals surface area contributed by atoms with E-state index in [1.807, 2.05) is 6.08 Å². The van der Waals surface area contributed by atoms with Crippen molar-refractivity contribution < 1.29 is 9.84 Å². The summed E-state index contributed by atoms with van der Waals surface area (Å²) in [5.41, 5.74) is 5.70. The average Bonchev–Trinajstić information content (AvgIpc) is 2.80. The van der Waals surface area contributed by atoms with E-state index in [-0.39, 0.29) is 12.1 Å². The molecule has 3 N–H and O–H groups in total. The number of rotatable bonds is 12. The van der Waals surface area contributed by atoms with Crippen LogP contribution >= 0.6 is 0 Å². The van der Waals surface area contributed by atoms with Crippen LogP contribution in [0.2, 0.25) is 0 Å². The zero-order chi connectivity index (χ0) is 15.3. The number of hydrogen-bond donors (Lipinski definition) is 2. The molecule has 21 heavy (non-hydrogen) atoms. The SMILES string of the molecule is CCCCCCCCCCCC/C=C\[C@H]1OC[C@@H](N)[C@H]1O. The van der Waals surface area contributed by atoms with Gasteiger partial charge in [0.05, 0.1) is 12.6 Å². The van der Waals surface area contributed by atoms with Crippen molar-refractivity contribution in [1.82, 2.24) is 0 Å². The molecule has 1 rings (SSSR count). The van der Waals surface area contributed by atoms with Crippen molar-refractivity contribution in [3.8, 4) is 0 Å². The molecular weight excluding hydrogens is 262 g/mol. The first kappa shape index (κ1) is 18.7. The van der Waals surface area contributed by atoms with Crippen molar-refractivity contribution in [3.05, 3.63) is 12.2 Å². The quantitative estimate of drug-likeness (QED) is 0.424. The number of nitrogens with two attached hydrogens (primary N) is 1. The van der Waals surface area contributed by atoms with Gasteiger partial charge in [0.25, 0.3) is 0 Å². The molecule has 3 heteroatoms. The Morgan fingerprint density at radius 1 is 1.00 bits per heavy atom. The Bertz CT molecular complexity index is 268. The maximum absolute atomic E-state index is 9.73. The summed E-state index contributed by atoms with van der Waals surface area (Å²) in [6.07, 6.45) is 18.1. The lowest BCUT2D eigenvalue weighted by Gasteiger charge is -2.10. The molecule has 0 amide bonds. The largest absolute Gasteiger partial charge is 0.388 e. The van der Waals surface area contributed by atoms with Gasteiger partial charge in [0.1, 0.15) is 12.2 Å². The van der Waals surface area contributed by atoms with E-state index >= 15 is 0 Å². The molecule has 1 heterocycles. The number of aliphatic hydroxyl groups is 1. The summed E-state index contributed by atoms with van der Waals surface area (Å²) < 4.78 is 5.42. The van der Waals surface area contributed by atoms with Crippen molar-refractivity contribution in [3.63, 3.8) is 0 Å². The molecule has 3 nitrogen and oxygen atoms in total. The highest BCUT2D eigenvalue weighted by atomic mass is 16.5. The van der Waals surface area contributed by atoms with Crippen LogP contribution in [0.15, 0.2) is 12.2 Å². The zero-order valence-corrected chi connectivity index (χ0v) is 13.8. The smallest absolute Gasteiger partial charge is 0.103 e. The Labute approximate surface area is 130 Å². The van der Waals surface area contributed by atoms with E-state index in [0.29, 0.717) is 6.61 Å². The number of unbranched alkanes of at least 4 members (excludes halogenated alkanes) is 10. The Hall–Kier alpha value is -0.380. The molecule has 0 spiro atoms. The summed E-state index contributed by atoms with van der Waals surface area (Å²) in [5, 5.41) is 9.73. The van der Waals surface area contributed by atoms with Crippen LogP contribution in [0.25, 0.3) is 0 Å². The van der Waals surface area contributed by atoms with Crippen LogP contribution in [-0.2, 0) is 4.74 Å². The summed E-state index contributed by atoms with van der Waals surface area (Å²) >= 11 is 0. The van der Waals surface area contributed by atoms with E-state index in [9.17, 15) is 5.11 Å². The zero-order valence-electron chi connectivity index (χ0n) is 13.8. The van der Waals surface area contributed by atoms with Gasteiger partial charge in [-0.1, -0.05) is 76.9 Å². The second-order valence-corrected chi connectivity index (χ2v) is 6.35. The third-order valence-electron chi connectivity index (χ3n) is 4.31. The lowest BCUT2D eigenvalue weighted by atomic mass is 10.1. The molecule has 0 aromatic heterocycles. The molecule has 1 aliphatic heterocycles. The van der Waals surface area contributed by atoms with Crippen molar-refractivity contribution in [1.29, 1.82) is 0 Å². The van der Waals surface area contributed by atoms with Gasteiger partial charge in [0.2, 0.25) is 0 Å². The van der Waals surface area contributed by atoms with Crippen molar-refractivity contribution in [2.75, 3.05) is 6.61 Å². The van der Waals surface area contributed by atoms with E-state index < -0.39 is 6.10 Å². The Morgan fingerprint density at radius 2 is 1.57 bits per heavy atom. The highest BCUT2D eigenvalue weighted by molar-refractivity contribution is 5.00. The molecule has 0 aromatic rings. The molecule has 0 unspecified atom stereocenters. The van der Waals surface area contributed by atoms with Gasteiger partial charge in [0, 0.05) is 0 Å². The first-order valence-electron chi connectivity index (χ1n) is 8.97. The highest BCUT2D eigenvalue weighted by Crippen LogP contribution is 2.15. The average molecular weight is 297 g/mol. The van der Waals surface area contributed by atoms with E-state index in [0.717, 1.165) is 6.42 Å².